The van der Waals surface area contributed by atoms with Crippen LogP contribution < -0.4 is 15.5 Å². The molecule has 0 aliphatic heterocycles. The van der Waals surface area contributed by atoms with Gasteiger partial charge in [-0.15, -0.1) is 0 Å². The summed E-state index contributed by atoms with van der Waals surface area (Å²) in [7, 11) is 0. The first kappa shape index (κ1) is 24.9. The van der Waals surface area contributed by atoms with Crippen molar-refractivity contribution in [1.82, 2.24) is 5.43 Å². The summed E-state index contributed by atoms with van der Waals surface area (Å²) < 4.78 is 5.67. The minimum absolute atomic E-state index is 0.0893. The van der Waals surface area contributed by atoms with Crippen LogP contribution in [-0.2, 0) is 14.4 Å². The van der Waals surface area contributed by atoms with E-state index in [-0.39, 0.29) is 31.1 Å². The summed E-state index contributed by atoms with van der Waals surface area (Å²) in [6, 6.07) is 12.3. The van der Waals surface area contributed by atoms with Gasteiger partial charge in [-0.25, -0.2) is 5.43 Å². The summed E-state index contributed by atoms with van der Waals surface area (Å²) >= 11 is 5.92. The Morgan fingerprint density at radius 3 is 2.41 bits per heavy atom. The summed E-state index contributed by atoms with van der Waals surface area (Å²) in [4.78, 5) is 34.2. The zero-order valence-corrected chi connectivity index (χ0v) is 18.7. The van der Waals surface area contributed by atoms with E-state index in [1.54, 1.807) is 43.3 Å². The third kappa shape index (κ3) is 8.77. The van der Waals surface area contributed by atoms with Crippen LogP contribution in [0.3, 0.4) is 0 Å². The number of amides is 2. The molecule has 0 saturated heterocycles. The molecule has 8 nitrogen and oxygen atoms in total. The number of carboxylic acid groups (broad SMARTS) is 1. The highest BCUT2D eigenvalue weighted by atomic mass is 35.5. The second-order valence-corrected chi connectivity index (χ2v) is 7.55. The number of carbonyl (C=O) groups excluding carboxylic acids is 2. The maximum atomic E-state index is 12.0. The average molecular weight is 460 g/mol. The smallest absolute Gasteiger partial charge is 0.303 e. The molecule has 0 unspecified atom stereocenters. The molecule has 32 heavy (non-hydrogen) atoms. The van der Waals surface area contributed by atoms with Crippen LogP contribution in [0.1, 0.15) is 43.7 Å². The predicted octanol–water partition coefficient (Wildman–Crippen LogP) is 4.15. The highest BCUT2D eigenvalue weighted by molar-refractivity contribution is 6.30. The fourth-order valence-corrected chi connectivity index (χ4v) is 2.92. The van der Waals surface area contributed by atoms with Crippen LogP contribution in [0.15, 0.2) is 47.6 Å². The quantitative estimate of drug-likeness (QED) is 0.265. The highest BCUT2D eigenvalue weighted by Crippen LogP contribution is 2.21. The number of aryl methyl sites for hydroxylation is 1. The Hall–Kier alpha value is -3.39. The Bertz CT molecular complexity index is 990. The number of hydrazone groups is 1. The van der Waals surface area contributed by atoms with Gasteiger partial charge < -0.3 is 15.2 Å². The normalized spacial score (nSPS) is 11.0. The number of hydrogen-bond acceptors (Lipinski definition) is 5. The van der Waals surface area contributed by atoms with E-state index in [0.29, 0.717) is 29.4 Å². The van der Waals surface area contributed by atoms with Crippen molar-refractivity contribution in [2.45, 2.75) is 39.5 Å². The molecular weight excluding hydrogens is 434 g/mol. The first-order chi connectivity index (χ1) is 15.2. The van der Waals surface area contributed by atoms with Crippen LogP contribution in [-0.4, -0.2) is 35.2 Å². The number of nitrogens with zero attached hydrogens (tertiary/aromatic N) is 1. The molecule has 0 aromatic heterocycles. The number of carbonyl (C=O) groups is 3. The van der Waals surface area contributed by atoms with Crippen molar-refractivity contribution in [3.8, 4) is 5.75 Å². The number of benzene rings is 2. The van der Waals surface area contributed by atoms with Crippen LogP contribution in [0, 0.1) is 6.92 Å². The number of halogens is 1. The van der Waals surface area contributed by atoms with Crippen molar-refractivity contribution in [1.29, 1.82) is 0 Å². The minimum atomic E-state index is -1.02. The van der Waals surface area contributed by atoms with E-state index in [2.05, 4.69) is 15.8 Å². The lowest BCUT2D eigenvalue weighted by Crippen LogP contribution is -2.19. The third-order valence-corrected chi connectivity index (χ3v) is 4.68. The molecule has 0 heterocycles. The van der Waals surface area contributed by atoms with E-state index in [9.17, 15) is 14.4 Å². The van der Waals surface area contributed by atoms with Crippen molar-refractivity contribution in [2.75, 3.05) is 11.9 Å². The molecule has 2 rings (SSSR count). The van der Waals surface area contributed by atoms with Gasteiger partial charge in [-0.3, -0.25) is 14.4 Å². The van der Waals surface area contributed by atoms with E-state index in [1.165, 1.54) is 0 Å². The van der Waals surface area contributed by atoms with Gasteiger partial charge in [-0.1, -0.05) is 23.7 Å². The predicted molar refractivity (Wildman–Crippen MR) is 123 cm³/mol. The molecule has 9 heteroatoms. The number of ether oxygens (including phenoxy) is 1. The fourth-order valence-electron chi connectivity index (χ4n) is 2.69. The number of aliphatic carboxylic acids is 1. The maximum absolute atomic E-state index is 12.0. The van der Waals surface area contributed by atoms with Gasteiger partial charge in [0.1, 0.15) is 5.75 Å². The lowest BCUT2D eigenvalue weighted by molar-refractivity contribution is -0.138. The Labute approximate surface area is 191 Å². The number of anilines is 1. The molecule has 2 aromatic carbocycles. The molecule has 0 saturated carbocycles. The van der Waals surface area contributed by atoms with E-state index in [0.717, 1.165) is 16.9 Å². The maximum Gasteiger partial charge on any atom is 0.303 e. The molecule has 2 aromatic rings. The van der Waals surface area contributed by atoms with E-state index >= 15 is 0 Å². The second kappa shape index (κ2) is 12.5. The second-order valence-electron chi connectivity index (χ2n) is 7.11. The van der Waals surface area contributed by atoms with Gasteiger partial charge in [0.2, 0.25) is 11.8 Å². The number of nitrogens with one attached hydrogen (secondary N) is 2. The van der Waals surface area contributed by atoms with Gasteiger partial charge in [0.25, 0.3) is 0 Å². The van der Waals surface area contributed by atoms with Crippen molar-refractivity contribution in [3.63, 3.8) is 0 Å². The summed E-state index contributed by atoms with van der Waals surface area (Å²) in [6.07, 6.45) is 0.500. The van der Waals surface area contributed by atoms with E-state index < -0.39 is 5.97 Å². The molecule has 0 spiro atoms. The molecule has 0 fully saturated rings. The standard InChI is InChI=1S/C23H26ClN3O5/c1-15-14-18(24)7-10-20(15)32-13-3-4-22(29)27-26-16(2)17-5-8-19(9-6-17)25-21(28)11-12-23(30)31/h5-10,14H,3-4,11-13H2,1-2H3,(H,25,28)(H,27,29)(H,30,31)/b26-16+. The molecule has 0 aliphatic rings. The third-order valence-electron chi connectivity index (χ3n) is 4.44. The Morgan fingerprint density at radius 1 is 1.03 bits per heavy atom. The molecule has 0 aliphatic carbocycles. The van der Waals surface area contributed by atoms with Crippen molar-refractivity contribution in [3.05, 3.63) is 58.6 Å². The molecule has 170 valence electrons. The highest BCUT2D eigenvalue weighted by Gasteiger charge is 2.07. The zero-order chi connectivity index (χ0) is 23.5. The first-order valence-electron chi connectivity index (χ1n) is 10.1. The molecule has 0 radical (unpaired) electrons. The van der Waals surface area contributed by atoms with Crippen LogP contribution in [0.5, 0.6) is 5.75 Å². The van der Waals surface area contributed by atoms with Crippen molar-refractivity contribution in [2.24, 2.45) is 5.10 Å². The topological polar surface area (TPSA) is 117 Å². The van der Waals surface area contributed by atoms with Gasteiger partial charge >= 0.3 is 5.97 Å². The molecule has 0 bridgehead atoms. The van der Waals surface area contributed by atoms with Gasteiger partial charge in [0, 0.05) is 23.6 Å². The van der Waals surface area contributed by atoms with Crippen LogP contribution >= 0.6 is 11.6 Å². The van der Waals surface area contributed by atoms with Gasteiger partial charge in [-0.2, -0.15) is 5.10 Å². The van der Waals surface area contributed by atoms with Gasteiger partial charge in [0.15, 0.2) is 0 Å². The summed E-state index contributed by atoms with van der Waals surface area (Å²) in [5, 5.41) is 16.0. The van der Waals surface area contributed by atoms with Gasteiger partial charge in [0.05, 0.1) is 18.7 Å². The van der Waals surface area contributed by atoms with E-state index in [4.69, 9.17) is 21.4 Å². The summed E-state index contributed by atoms with van der Waals surface area (Å²) in [5.41, 5.74) is 5.39. The van der Waals surface area contributed by atoms with Crippen molar-refractivity contribution >= 4 is 40.8 Å². The Morgan fingerprint density at radius 2 is 1.75 bits per heavy atom. The van der Waals surface area contributed by atoms with Gasteiger partial charge in [-0.05, 0) is 61.7 Å². The lowest BCUT2D eigenvalue weighted by atomic mass is 10.1. The largest absolute Gasteiger partial charge is 0.493 e. The first-order valence-corrected chi connectivity index (χ1v) is 10.5. The molecule has 2 amide bonds. The van der Waals surface area contributed by atoms with Crippen LogP contribution in [0.25, 0.3) is 0 Å². The number of rotatable bonds is 11. The molecule has 3 N–H and O–H groups in total. The lowest BCUT2D eigenvalue weighted by Gasteiger charge is -2.09. The Balaban J connectivity index is 1.74. The summed E-state index contributed by atoms with van der Waals surface area (Å²) in [5.74, 6) is -0.866. The fraction of sp³-hybridized carbons (Fsp3) is 0.304. The number of carboxylic acids is 1. The van der Waals surface area contributed by atoms with Crippen LogP contribution in [0.4, 0.5) is 5.69 Å². The monoisotopic (exact) mass is 459 g/mol. The number of hydrogen-bond donors (Lipinski definition) is 3. The molecular formula is C23H26ClN3O5. The van der Waals surface area contributed by atoms with Crippen molar-refractivity contribution < 1.29 is 24.2 Å². The van der Waals surface area contributed by atoms with E-state index in [1.807, 2.05) is 13.0 Å². The van der Waals surface area contributed by atoms with Crippen LogP contribution in [0.2, 0.25) is 5.02 Å². The Kier molecular flexibility index (Phi) is 9.69. The summed E-state index contributed by atoms with van der Waals surface area (Å²) in [6.45, 7) is 4.07. The SMILES string of the molecule is C/C(=N\NC(=O)CCCOc1ccc(Cl)cc1C)c1ccc(NC(=O)CCC(=O)O)cc1. The minimum Gasteiger partial charge on any atom is -0.493 e. The zero-order valence-electron chi connectivity index (χ0n) is 18.0. The molecule has 0 atom stereocenters. The average Bonchev–Trinajstić information content (AvgIpc) is 2.75.